The van der Waals surface area contributed by atoms with E-state index in [0.717, 1.165) is 6.54 Å². The summed E-state index contributed by atoms with van der Waals surface area (Å²) in [6, 6.07) is 27.0. The fourth-order valence-corrected chi connectivity index (χ4v) is 4.99. The van der Waals surface area contributed by atoms with Crippen LogP contribution in [0, 0.1) is 11.7 Å². The number of hydrogen-bond donors (Lipinski definition) is 3. The van der Waals surface area contributed by atoms with Crippen LogP contribution in [0.3, 0.4) is 0 Å². The number of nitrogens with two attached hydrogens (primary N) is 1. The molecule has 0 spiro atoms. The van der Waals surface area contributed by atoms with Crippen LogP contribution in [0.1, 0.15) is 41.4 Å². The average molecular weight is 643 g/mol. The fourth-order valence-electron chi connectivity index (χ4n) is 4.99. The Balaban J connectivity index is 0.000000238. The molecule has 9 nitrogen and oxygen atoms in total. The van der Waals surface area contributed by atoms with Crippen molar-refractivity contribution in [2.24, 2.45) is 11.7 Å². The molecule has 0 fully saturated rings. The first-order valence-corrected chi connectivity index (χ1v) is 15.5. The zero-order valence-electron chi connectivity index (χ0n) is 27.2. The zero-order valence-corrected chi connectivity index (χ0v) is 27.2. The van der Waals surface area contributed by atoms with E-state index >= 15 is 0 Å². The van der Waals surface area contributed by atoms with Gasteiger partial charge < -0.3 is 35.4 Å². The van der Waals surface area contributed by atoms with Crippen molar-refractivity contribution in [1.82, 2.24) is 9.80 Å². The number of carbonyl (C=O) groups is 2. The number of benzene rings is 4. The minimum atomic E-state index is -0.846. The van der Waals surface area contributed by atoms with Crippen LogP contribution in [0.2, 0.25) is 0 Å². The van der Waals surface area contributed by atoms with Crippen molar-refractivity contribution >= 4 is 17.5 Å². The molecule has 47 heavy (non-hydrogen) atoms. The van der Waals surface area contributed by atoms with E-state index in [2.05, 4.69) is 10.2 Å². The Morgan fingerprint density at radius 3 is 2.38 bits per heavy atom. The number of fused-ring (bicyclic) bond motifs is 1. The smallest absolute Gasteiger partial charge is 0.258 e. The van der Waals surface area contributed by atoms with Crippen LogP contribution < -0.4 is 20.5 Å². The van der Waals surface area contributed by atoms with Crippen LogP contribution in [0.15, 0.2) is 97.1 Å². The number of nitrogens with zero attached hydrogens (tertiary/aromatic N) is 2. The number of carbonyl (C=O) groups excluding carboxylic acids is 2. The highest BCUT2D eigenvalue weighted by Gasteiger charge is 2.30. The number of halogens is 1. The van der Waals surface area contributed by atoms with Crippen molar-refractivity contribution in [2.75, 3.05) is 39.2 Å². The summed E-state index contributed by atoms with van der Waals surface area (Å²) in [5, 5.41) is 12.3. The summed E-state index contributed by atoms with van der Waals surface area (Å²) in [5.74, 6) is 0.299. The highest BCUT2D eigenvalue weighted by Crippen LogP contribution is 2.33. The van der Waals surface area contributed by atoms with Crippen LogP contribution in [-0.2, 0) is 11.3 Å². The van der Waals surface area contributed by atoms with Gasteiger partial charge in [-0.2, -0.15) is 0 Å². The lowest BCUT2D eigenvalue weighted by atomic mass is 10.0. The van der Waals surface area contributed by atoms with E-state index in [1.165, 1.54) is 11.6 Å². The van der Waals surface area contributed by atoms with E-state index in [1.807, 2.05) is 63.5 Å². The average Bonchev–Trinajstić information content (AvgIpc) is 3.07. The monoisotopic (exact) mass is 642 g/mol. The first kappa shape index (κ1) is 35.1. The molecule has 0 bridgehead atoms. The fraction of sp³-hybridized carbons (Fsp3) is 0.297. The van der Waals surface area contributed by atoms with E-state index in [-0.39, 0.29) is 36.0 Å². The summed E-state index contributed by atoms with van der Waals surface area (Å²) in [4.78, 5) is 29.6. The van der Waals surface area contributed by atoms with Gasteiger partial charge in [0.25, 0.3) is 5.91 Å². The van der Waals surface area contributed by atoms with Crippen molar-refractivity contribution < 1.29 is 28.6 Å². The molecule has 0 aromatic heterocycles. The van der Waals surface area contributed by atoms with Crippen LogP contribution in [0.5, 0.6) is 17.2 Å². The third kappa shape index (κ3) is 9.62. The quantitative estimate of drug-likeness (QED) is 0.210. The molecule has 248 valence electrons. The summed E-state index contributed by atoms with van der Waals surface area (Å²) < 4.78 is 24.8. The van der Waals surface area contributed by atoms with Crippen molar-refractivity contribution in [3.63, 3.8) is 0 Å². The van der Waals surface area contributed by atoms with Gasteiger partial charge in [0.1, 0.15) is 11.8 Å². The van der Waals surface area contributed by atoms with E-state index in [1.54, 1.807) is 60.4 Å². The second-order valence-electron chi connectivity index (χ2n) is 11.9. The van der Waals surface area contributed by atoms with Crippen LogP contribution in [-0.4, -0.2) is 66.6 Å². The van der Waals surface area contributed by atoms with Gasteiger partial charge in [0.15, 0.2) is 17.3 Å². The number of aliphatic hydroxyl groups excluding tert-OH is 1. The van der Waals surface area contributed by atoms with Crippen LogP contribution in [0.4, 0.5) is 10.1 Å². The topological polar surface area (TPSA) is 117 Å². The number of rotatable bonds is 9. The van der Waals surface area contributed by atoms with Gasteiger partial charge in [-0.05, 0) is 68.5 Å². The Bertz CT molecular complexity index is 1620. The van der Waals surface area contributed by atoms with Gasteiger partial charge in [0.2, 0.25) is 5.91 Å². The molecule has 1 aliphatic rings. The molecular weight excluding hydrogens is 599 g/mol. The number of nitrogens with one attached hydrogen (secondary N) is 1. The lowest BCUT2D eigenvalue weighted by molar-refractivity contribution is -0.117. The molecule has 2 amide bonds. The van der Waals surface area contributed by atoms with Gasteiger partial charge in [0, 0.05) is 19.0 Å². The molecule has 0 saturated carbocycles. The lowest BCUT2D eigenvalue weighted by Gasteiger charge is -2.33. The molecule has 10 heteroatoms. The molecule has 1 aliphatic heterocycles. The maximum Gasteiger partial charge on any atom is 0.258 e. The van der Waals surface area contributed by atoms with Gasteiger partial charge >= 0.3 is 0 Å². The summed E-state index contributed by atoms with van der Waals surface area (Å²) in [5.41, 5.74) is 8.73. The Kier molecular flexibility index (Phi) is 12.5. The Labute approximate surface area is 275 Å². The third-order valence-electron chi connectivity index (χ3n) is 7.51. The van der Waals surface area contributed by atoms with E-state index in [4.69, 9.17) is 15.2 Å². The highest BCUT2D eigenvalue weighted by molar-refractivity contribution is 6.02. The number of aliphatic hydroxyl groups is 1. The van der Waals surface area contributed by atoms with Gasteiger partial charge in [-0.25, -0.2) is 4.39 Å². The van der Waals surface area contributed by atoms with E-state index in [9.17, 15) is 19.1 Å². The first-order chi connectivity index (χ1) is 22.6. The largest absolute Gasteiger partial charge is 0.490 e. The molecule has 1 unspecified atom stereocenters. The van der Waals surface area contributed by atoms with E-state index in [0.29, 0.717) is 41.5 Å². The number of ether oxygens (including phenoxy) is 2. The third-order valence-corrected chi connectivity index (χ3v) is 7.51. The van der Waals surface area contributed by atoms with Crippen molar-refractivity contribution in [3.05, 3.63) is 120 Å². The van der Waals surface area contributed by atoms with Gasteiger partial charge in [-0.3, -0.25) is 9.59 Å². The molecular formula is C37H43FN4O5. The predicted molar refractivity (Wildman–Crippen MR) is 181 cm³/mol. The minimum absolute atomic E-state index is 0.0661. The summed E-state index contributed by atoms with van der Waals surface area (Å²) in [7, 11) is 4.04. The summed E-state index contributed by atoms with van der Waals surface area (Å²) >= 11 is 0. The van der Waals surface area contributed by atoms with Crippen molar-refractivity contribution in [3.8, 4) is 17.2 Å². The van der Waals surface area contributed by atoms with Crippen LogP contribution >= 0.6 is 0 Å². The molecule has 0 radical (unpaired) electrons. The van der Waals surface area contributed by atoms with Crippen LogP contribution in [0.25, 0.3) is 0 Å². The normalized spacial score (nSPS) is 15.6. The molecule has 4 aromatic rings. The standard InChI is InChI=1S/C22H27N3O4.C15H16FNO/c1-14-11-25(15(2)12-26)22(28)17-9-6-10-18(20(17)29-13-14)24-21(27)19(23)16-7-4-3-5-8-16;1-17(2)11-12-7-9-13(10-8-12)18-15-6-4-3-5-14(15)16/h3-10,14-15,19,26H,11-13,23H2,1-2H3,(H,24,27);3-10H,11H2,1-2H3/t14-,15+,19?;/m1./s1. The van der Waals surface area contributed by atoms with Crippen molar-refractivity contribution in [2.45, 2.75) is 32.5 Å². The number of amides is 2. The van der Waals surface area contributed by atoms with Gasteiger partial charge in [-0.15, -0.1) is 0 Å². The molecule has 1 heterocycles. The predicted octanol–water partition coefficient (Wildman–Crippen LogP) is 5.86. The zero-order chi connectivity index (χ0) is 33.9. The highest BCUT2D eigenvalue weighted by atomic mass is 19.1. The van der Waals surface area contributed by atoms with Gasteiger partial charge in [0.05, 0.1) is 30.5 Å². The molecule has 5 rings (SSSR count). The van der Waals surface area contributed by atoms with Gasteiger partial charge in [-0.1, -0.05) is 67.6 Å². The Morgan fingerprint density at radius 2 is 1.72 bits per heavy atom. The minimum Gasteiger partial charge on any atom is -0.490 e. The number of anilines is 1. The molecule has 0 aliphatic carbocycles. The number of hydrogen-bond acceptors (Lipinski definition) is 7. The van der Waals surface area contributed by atoms with Crippen molar-refractivity contribution in [1.29, 1.82) is 0 Å². The maximum atomic E-state index is 13.4. The Morgan fingerprint density at radius 1 is 1.04 bits per heavy atom. The summed E-state index contributed by atoms with van der Waals surface area (Å²) in [6.07, 6.45) is 0. The lowest BCUT2D eigenvalue weighted by Crippen LogP contribution is -2.45. The molecule has 0 saturated heterocycles. The second-order valence-corrected chi connectivity index (χ2v) is 11.9. The maximum absolute atomic E-state index is 13.4. The van der Waals surface area contributed by atoms with E-state index < -0.39 is 11.9 Å². The number of para-hydroxylation sites is 2. The molecule has 4 aromatic carbocycles. The Hall–Kier alpha value is -4.77. The molecule has 3 atom stereocenters. The first-order valence-electron chi connectivity index (χ1n) is 15.5. The SMILES string of the molecule is CN(C)Cc1ccc(Oc2ccccc2F)cc1.C[C@H]1COc2c(NC(=O)C(N)c3ccccc3)cccc2C(=O)N([C@@H](C)CO)C1. The second kappa shape index (κ2) is 16.7. The molecule has 4 N–H and O–H groups in total. The summed E-state index contributed by atoms with van der Waals surface area (Å²) in [6.45, 7) is 5.39.